The summed E-state index contributed by atoms with van der Waals surface area (Å²) in [5.74, 6) is 0.377. The Balaban J connectivity index is 1.23. The molecule has 7 heteroatoms. The number of nitrogens with two attached hydrogens (primary N) is 1. The molecule has 2 unspecified atom stereocenters. The lowest BCUT2D eigenvalue weighted by atomic mass is 9.99. The van der Waals surface area contributed by atoms with Crippen molar-refractivity contribution in [2.24, 2.45) is 5.73 Å². The van der Waals surface area contributed by atoms with Crippen molar-refractivity contribution in [3.05, 3.63) is 138 Å². The SMILES string of the molecule is NC(Cc1ccc2ccccc2c1)C(=O)NC(Cc1ccc2ccccc2c1)c1nnnn1CCc1ccccc1. The Bertz CT molecular complexity index is 1780. The first-order chi connectivity index (χ1) is 20.1. The molecule has 1 aromatic heterocycles. The Labute approximate surface area is 239 Å². The van der Waals surface area contributed by atoms with E-state index >= 15 is 0 Å². The highest BCUT2D eigenvalue weighted by Crippen LogP contribution is 2.22. The first kappa shape index (κ1) is 26.3. The summed E-state index contributed by atoms with van der Waals surface area (Å²) in [6.45, 7) is 0.597. The van der Waals surface area contributed by atoms with Gasteiger partial charge in [-0.2, -0.15) is 0 Å². The van der Waals surface area contributed by atoms with Crippen LogP contribution in [0.3, 0.4) is 0 Å². The number of aryl methyl sites for hydroxylation is 2. The zero-order valence-corrected chi connectivity index (χ0v) is 22.7. The van der Waals surface area contributed by atoms with Gasteiger partial charge in [0.05, 0.1) is 12.1 Å². The maximum atomic E-state index is 13.5. The number of tetrazole rings is 1. The normalized spacial score (nSPS) is 12.8. The lowest BCUT2D eigenvalue weighted by Crippen LogP contribution is -2.44. The van der Waals surface area contributed by atoms with Crippen molar-refractivity contribution in [3.63, 3.8) is 0 Å². The molecule has 0 bridgehead atoms. The molecular formula is C34H32N6O. The number of fused-ring (bicyclic) bond motifs is 2. The van der Waals surface area contributed by atoms with Crippen LogP contribution in [-0.4, -0.2) is 32.2 Å². The van der Waals surface area contributed by atoms with E-state index in [0.29, 0.717) is 25.2 Å². The molecule has 0 aliphatic rings. The quantitative estimate of drug-likeness (QED) is 0.249. The molecule has 41 heavy (non-hydrogen) atoms. The fourth-order valence-corrected chi connectivity index (χ4v) is 5.30. The average molecular weight is 541 g/mol. The van der Waals surface area contributed by atoms with Gasteiger partial charge >= 0.3 is 0 Å². The van der Waals surface area contributed by atoms with Crippen LogP contribution in [0.5, 0.6) is 0 Å². The third kappa shape index (κ3) is 6.31. The fourth-order valence-electron chi connectivity index (χ4n) is 5.30. The van der Waals surface area contributed by atoms with E-state index in [1.165, 1.54) is 10.9 Å². The molecule has 1 amide bonds. The minimum atomic E-state index is -0.719. The number of amides is 1. The third-order valence-electron chi connectivity index (χ3n) is 7.50. The number of nitrogens with one attached hydrogen (secondary N) is 1. The third-order valence-corrected chi connectivity index (χ3v) is 7.50. The van der Waals surface area contributed by atoms with E-state index in [0.717, 1.165) is 33.7 Å². The number of carbonyl (C=O) groups is 1. The molecule has 7 nitrogen and oxygen atoms in total. The van der Waals surface area contributed by atoms with Crippen LogP contribution in [0.4, 0.5) is 0 Å². The van der Waals surface area contributed by atoms with Gasteiger partial charge < -0.3 is 11.1 Å². The summed E-state index contributed by atoms with van der Waals surface area (Å²) >= 11 is 0. The van der Waals surface area contributed by atoms with E-state index in [4.69, 9.17) is 5.73 Å². The lowest BCUT2D eigenvalue weighted by molar-refractivity contribution is -0.123. The summed E-state index contributed by atoms with van der Waals surface area (Å²) in [6, 6.07) is 38.0. The molecule has 6 rings (SSSR count). The van der Waals surface area contributed by atoms with Gasteiger partial charge in [-0.05, 0) is 61.5 Å². The van der Waals surface area contributed by atoms with Gasteiger partial charge in [-0.25, -0.2) is 4.68 Å². The molecule has 0 radical (unpaired) electrons. The van der Waals surface area contributed by atoms with Gasteiger partial charge in [0.25, 0.3) is 0 Å². The number of hydrogen-bond acceptors (Lipinski definition) is 5. The van der Waals surface area contributed by atoms with Crippen LogP contribution >= 0.6 is 0 Å². The van der Waals surface area contributed by atoms with Crippen molar-refractivity contribution < 1.29 is 4.79 Å². The molecule has 3 N–H and O–H groups in total. The molecule has 2 atom stereocenters. The summed E-state index contributed by atoms with van der Waals surface area (Å²) in [5, 5.41) is 20.4. The molecule has 0 aliphatic carbocycles. The van der Waals surface area contributed by atoms with Crippen LogP contribution < -0.4 is 11.1 Å². The zero-order valence-electron chi connectivity index (χ0n) is 22.7. The van der Waals surface area contributed by atoms with E-state index in [-0.39, 0.29) is 5.91 Å². The van der Waals surface area contributed by atoms with Crippen LogP contribution in [0.15, 0.2) is 115 Å². The minimum absolute atomic E-state index is 0.235. The van der Waals surface area contributed by atoms with Gasteiger partial charge in [-0.15, -0.1) is 5.10 Å². The predicted octanol–water partition coefficient (Wildman–Crippen LogP) is 5.19. The van der Waals surface area contributed by atoms with Gasteiger partial charge in [0.15, 0.2) is 5.82 Å². The summed E-state index contributed by atoms with van der Waals surface area (Å²) in [5.41, 5.74) is 9.76. The van der Waals surface area contributed by atoms with Crippen LogP contribution in [0.2, 0.25) is 0 Å². The monoisotopic (exact) mass is 540 g/mol. The summed E-state index contributed by atoms with van der Waals surface area (Å²) in [6.07, 6.45) is 1.74. The Kier molecular flexibility index (Phi) is 7.78. The molecule has 0 saturated heterocycles. The summed E-state index contributed by atoms with van der Waals surface area (Å²) in [4.78, 5) is 13.5. The molecule has 0 saturated carbocycles. The van der Waals surface area contributed by atoms with Gasteiger partial charge in [0.2, 0.25) is 5.91 Å². The van der Waals surface area contributed by atoms with E-state index in [9.17, 15) is 4.79 Å². The first-order valence-corrected chi connectivity index (χ1v) is 13.9. The standard InChI is InChI=1S/C34H32N6O/c35-31(22-25-14-16-27-10-4-6-12-29(27)20-25)34(41)36-32(23-26-15-17-28-11-5-7-13-30(28)21-26)33-37-38-39-40(33)19-18-24-8-2-1-3-9-24/h1-17,20-21,31-32H,18-19,22-23,35H2,(H,36,41). The van der Waals surface area contributed by atoms with Crippen LogP contribution in [0.1, 0.15) is 28.6 Å². The fraction of sp³-hybridized carbons (Fsp3) is 0.176. The maximum absolute atomic E-state index is 13.5. The number of nitrogens with zero attached hydrogens (tertiary/aromatic N) is 4. The van der Waals surface area contributed by atoms with E-state index in [1.54, 1.807) is 4.68 Å². The number of hydrogen-bond donors (Lipinski definition) is 2. The second-order valence-corrected chi connectivity index (χ2v) is 10.4. The highest BCUT2D eigenvalue weighted by molar-refractivity contribution is 5.85. The van der Waals surface area contributed by atoms with Crippen molar-refractivity contribution in [2.75, 3.05) is 0 Å². The maximum Gasteiger partial charge on any atom is 0.237 e. The van der Waals surface area contributed by atoms with Crippen molar-refractivity contribution in [2.45, 2.75) is 37.9 Å². The minimum Gasteiger partial charge on any atom is -0.344 e. The van der Waals surface area contributed by atoms with Crippen molar-refractivity contribution in [1.29, 1.82) is 0 Å². The van der Waals surface area contributed by atoms with Gasteiger partial charge in [-0.3, -0.25) is 4.79 Å². The molecule has 6 aromatic rings. The Hall–Kier alpha value is -4.88. The molecule has 0 aliphatic heterocycles. The number of carbonyl (C=O) groups excluding carboxylic acids is 1. The zero-order chi connectivity index (χ0) is 28.0. The Morgan fingerprint density at radius 2 is 1.29 bits per heavy atom. The largest absolute Gasteiger partial charge is 0.344 e. The summed E-state index contributed by atoms with van der Waals surface area (Å²) < 4.78 is 1.79. The van der Waals surface area contributed by atoms with Gasteiger partial charge in [-0.1, -0.05) is 115 Å². The molecular weight excluding hydrogens is 508 g/mol. The van der Waals surface area contributed by atoms with Crippen LogP contribution in [0, 0.1) is 0 Å². The van der Waals surface area contributed by atoms with Crippen molar-refractivity contribution in [3.8, 4) is 0 Å². The van der Waals surface area contributed by atoms with Crippen molar-refractivity contribution >= 4 is 27.5 Å². The summed E-state index contributed by atoms with van der Waals surface area (Å²) in [7, 11) is 0. The smallest absolute Gasteiger partial charge is 0.237 e. The number of benzene rings is 5. The van der Waals surface area contributed by atoms with Crippen LogP contribution in [0.25, 0.3) is 21.5 Å². The second-order valence-electron chi connectivity index (χ2n) is 10.4. The first-order valence-electron chi connectivity index (χ1n) is 13.9. The van der Waals surface area contributed by atoms with Gasteiger partial charge in [0, 0.05) is 13.0 Å². The molecule has 5 aromatic carbocycles. The molecule has 0 spiro atoms. The number of rotatable bonds is 10. The molecule has 0 fully saturated rings. The number of aromatic nitrogens is 4. The highest BCUT2D eigenvalue weighted by Gasteiger charge is 2.25. The second kappa shape index (κ2) is 12.1. The topological polar surface area (TPSA) is 98.7 Å². The van der Waals surface area contributed by atoms with E-state index in [1.807, 2.05) is 48.5 Å². The average Bonchev–Trinajstić information content (AvgIpc) is 3.49. The van der Waals surface area contributed by atoms with E-state index < -0.39 is 12.1 Å². The highest BCUT2D eigenvalue weighted by atomic mass is 16.2. The predicted molar refractivity (Wildman–Crippen MR) is 162 cm³/mol. The Morgan fingerprint density at radius 3 is 1.95 bits per heavy atom. The molecule has 1 heterocycles. The van der Waals surface area contributed by atoms with Crippen LogP contribution in [-0.2, 0) is 30.6 Å². The molecule has 204 valence electrons. The van der Waals surface area contributed by atoms with E-state index in [2.05, 4.69) is 87.6 Å². The van der Waals surface area contributed by atoms with Crippen molar-refractivity contribution in [1.82, 2.24) is 25.5 Å². The lowest BCUT2D eigenvalue weighted by Gasteiger charge is -2.21. The van der Waals surface area contributed by atoms with Gasteiger partial charge in [0.1, 0.15) is 0 Å². The Morgan fingerprint density at radius 1 is 0.707 bits per heavy atom.